The van der Waals surface area contributed by atoms with E-state index in [1.807, 2.05) is 11.8 Å². The van der Waals surface area contributed by atoms with Crippen LogP contribution in [0.25, 0.3) is 0 Å². The van der Waals surface area contributed by atoms with Gasteiger partial charge in [0, 0.05) is 19.1 Å². The van der Waals surface area contributed by atoms with Crippen molar-refractivity contribution in [3.05, 3.63) is 24.3 Å². The maximum Gasteiger partial charge on any atom is 0.240 e. The second-order valence-corrected chi connectivity index (χ2v) is 12.0. The minimum absolute atomic E-state index is 0.108. The van der Waals surface area contributed by atoms with Gasteiger partial charge in [-0.15, -0.1) is 0 Å². The molecule has 0 radical (unpaired) electrons. The average Bonchev–Trinajstić information content (AvgIpc) is 2.73. The molecule has 31 heavy (non-hydrogen) atoms. The molecule has 7 heteroatoms. The average molecular weight is 447 g/mol. The van der Waals surface area contributed by atoms with Gasteiger partial charge in [-0.2, -0.15) is 0 Å². The zero-order valence-electron chi connectivity index (χ0n) is 18.4. The Bertz CT molecular complexity index is 884. The molecule has 6 nitrogen and oxygen atoms in total. The molecule has 170 valence electrons. The summed E-state index contributed by atoms with van der Waals surface area (Å²) in [7, 11) is -3.58. The second-order valence-electron chi connectivity index (χ2n) is 10.3. The number of carbonyl (C=O) groups excluding carboxylic acids is 1. The fourth-order valence-electron chi connectivity index (χ4n) is 7.08. The minimum Gasteiger partial charge on any atom is -0.494 e. The van der Waals surface area contributed by atoms with Crippen LogP contribution >= 0.6 is 0 Å². The van der Waals surface area contributed by atoms with E-state index in [1.165, 1.54) is 19.3 Å². The van der Waals surface area contributed by atoms with Gasteiger partial charge >= 0.3 is 0 Å². The highest BCUT2D eigenvalue weighted by atomic mass is 32.2. The van der Waals surface area contributed by atoms with Crippen molar-refractivity contribution in [2.45, 2.75) is 69.2 Å². The molecular weight excluding hydrogens is 412 g/mol. The van der Waals surface area contributed by atoms with Gasteiger partial charge in [0.25, 0.3) is 0 Å². The number of rotatable bonds is 6. The van der Waals surface area contributed by atoms with Gasteiger partial charge in [0.1, 0.15) is 5.75 Å². The Morgan fingerprint density at radius 3 is 2.10 bits per heavy atom. The van der Waals surface area contributed by atoms with Crippen molar-refractivity contribution in [1.82, 2.24) is 9.62 Å². The number of amides is 1. The topological polar surface area (TPSA) is 75.7 Å². The number of nitrogens with zero attached hydrogens (tertiary/aromatic N) is 1. The number of piperidine rings is 1. The van der Waals surface area contributed by atoms with Gasteiger partial charge in [-0.25, -0.2) is 13.1 Å². The van der Waals surface area contributed by atoms with E-state index in [1.54, 1.807) is 24.3 Å². The third-order valence-corrected chi connectivity index (χ3v) is 9.58. The molecule has 4 saturated carbocycles. The van der Waals surface area contributed by atoms with E-state index in [4.69, 9.17) is 4.74 Å². The smallest absolute Gasteiger partial charge is 0.240 e. The number of ether oxygens (including phenoxy) is 1. The number of benzene rings is 1. The number of hydrogen-bond donors (Lipinski definition) is 1. The molecule has 4 bridgehead atoms. The van der Waals surface area contributed by atoms with Crippen LogP contribution in [0.15, 0.2) is 29.2 Å². The molecule has 0 spiro atoms. The van der Waals surface area contributed by atoms with Crippen molar-refractivity contribution < 1.29 is 17.9 Å². The molecule has 0 aromatic heterocycles. The van der Waals surface area contributed by atoms with Crippen molar-refractivity contribution in [2.75, 3.05) is 19.7 Å². The normalized spacial score (nSPS) is 32.9. The SMILES string of the molecule is CCOc1ccc(S(=O)(=O)NC2CCN(C(=O)C34CC5CC(CC(C5)C3)C4)CC2)cc1. The van der Waals surface area contributed by atoms with Crippen LogP contribution in [0.1, 0.15) is 58.3 Å². The lowest BCUT2D eigenvalue weighted by atomic mass is 9.49. The van der Waals surface area contributed by atoms with Crippen LogP contribution in [0.5, 0.6) is 5.75 Å². The van der Waals surface area contributed by atoms with Crippen LogP contribution in [0.2, 0.25) is 0 Å². The lowest BCUT2D eigenvalue weighted by Gasteiger charge is -2.57. The number of hydrogen-bond acceptors (Lipinski definition) is 4. The standard InChI is InChI=1S/C24H34N2O4S/c1-2-30-21-3-5-22(6-4-21)31(28,29)25-20-7-9-26(10-8-20)23(27)24-14-17-11-18(15-24)13-19(12-17)16-24/h3-6,17-20,25H,2,7-16H2,1H3. The molecule has 1 N–H and O–H groups in total. The van der Waals surface area contributed by atoms with Crippen molar-refractivity contribution in [2.24, 2.45) is 23.2 Å². The summed E-state index contributed by atoms with van der Waals surface area (Å²) in [5, 5.41) is 0. The van der Waals surface area contributed by atoms with Crippen LogP contribution in [-0.4, -0.2) is 45.0 Å². The molecule has 0 atom stereocenters. The molecule has 1 aromatic rings. The molecule has 5 fully saturated rings. The van der Waals surface area contributed by atoms with E-state index < -0.39 is 10.0 Å². The van der Waals surface area contributed by atoms with Gasteiger partial charge < -0.3 is 9.64 Å². The van der Waals surface area contributed by atoms with E-state index >= 15 is 0 Å². The number of nitrogens with one attached hydrogen (secondary N) is 1. The van der Waals surface area contributed by atoms with Gasteiger partial charge in [0.15, 0.2) is 0 Å². The summed E-state index contributed by atoms with van der Waals surface area (Å²) in [5.41, 5.74) is -0.108. The Morgan fingerprint density at radius 2 is 1.58 bits per heavy atom. The summed E-state index contributed by atoms with van der Waals surface area (Å²) >= 11 is 0. The Hall–Kier alpha value is -1.60. The summed E-state index contributed by atoms with van der Waals surface area (Å²) in [5.74, 6) is 3.30. The maximum absolute atomic E-state index is 13.5. The molecule has 6 rings (SSSR count). The summed E-state index contributed by atoms with van der Waals surface area (Å²) in [6.45, 7) is 3.74. The number of likely N-dealkylation sites (tertiary alicyclic amines) is 1. The zero-order valence-corrected chi connectivity index (χ0v) is 19.2. The number of carbonyl (C=O) groups is 1. The van der Waals surface area contributed by atoms with E-state index in [-0.39, 0.29) is 16.4 Å². The van der Waals surface area contributed by atoms with Crippen molar-refractivity contribution in [1.29, 1.82) is 0 Å². The third-order valence-electron chi connectivity index (χ3n) is 8.04. The van der Waals surface area contributed by atoms with E-state index in [0.717, 1.165) is 37.0 Å². The predicted octanol–water partition coefficient (Wildman–Crippen LogP) is 3.57. The molecule has 0 unspecified atom stereocenters. The highest BCUT2D eigenvalue weighted by Gasteiger charge is 2.55. The lowest BCUT2D eigenvalue weighted by Crippen LogP contribution is -2.56. The van der Waals surface area contributed by atoms with Crippen LogP contribution < -0.4 is 9.46 Å². The summed E-state index contributed by atoms with van der Waals surface area (Å²) in [4.78, 5) is 15.8. The second kappa shape index (κ2) is 8.07. The fraction of sp³-hybridized carbons (Fsp3) is 0.708. The minimum atomic E-state index is -3.58. The van der Waals surface area contributed by atoms with Crippen molar-refractivity contribution in [3.63, 3.8) is 0 Å². The third kappa shape index (κ3) is 4.11. The van der Waals surface area contributed by atoms with Crippen LogP contribution in [0, 0.1) is 23.2 Å². The first-order valence-corrected chi connectivity index (χ1v) is 13.4. The fourth-order valence-corrected chi connectivity index (χ4v) is 8.38. The van der Waals surface area contributed by atoms with Gasteiger partial charge in [-0.1, -0.05) is 0 Å². The molecule has 1 aromatic carbocycles. The Kier molecular flexibility index (Phi) is 5.53. The first-order valence-electron chi connectivity index (χ1n) is 11.9. The monoisotopic (exact) mass is 446 g/mol. The Balaban J connectivity index is 1.18. The molecule has 1 saturated heterocycles. The molecular formula is C24H34N2O4S. The van der Waals surface area contributed by atoms with Gasteiger partial charge in [-0.05, 0) is 100 Å². The quantitative estimate of drug-likeness (QED) is 0.725. The maximum atomic E-state index is 13.5. The predicted molar refractivity (Wildman–Crippen MR) is 118 cm³/mol. The summed E-state index contributed by atoms with van der Waals surface area (Å²) in [6.07, 6.45) is 8.61. The number of sulfonamides is 1. The molecule has 1 heterocycles. The first kappa shape index (κ1) is 21.3. The summed E-state index contributed by atoms with van der Waals surface area (Å²) < 4.78 is 33.8. The van der Waals surface area contributed by atoms with E-state index in [9.17, 15) is 13.2 Å². The highest BCUT2D eigenvalue weighted by molar-refractivity contribution is 7.89. The van der Waals surface area contributed by atoms with Gasteiger partial charge in [-0.3, -0.25) is 4.79 Å². The van der Waals surface area contributed by atoms with Crippen LogP contribution in [0.3, 0.4) is 0 Å². The highest BCUT2D eigenvalue weighted by Crippen LogP contribution is 2.60. The van der Waals surface area contributed by atoms with Crippen LogP contribution in [0.4, 0.5) is 0 Å². The van der Waals surface area contributed by atoms with Crippen molar-refractivity contribution >= 4 is 15.9 Å². The Morgan fingerprint density at radius 1 is 1.03 bits per heavy atom. The molecule has 4 aliphatic carbocycles. The Labute approximate surface area is 185 Å². The molecule has 1 aliphatic heterocycles. The van der Waals surface area contributed by atoms with Gasteiger partial charge in [0.05, 0.1) is 16.9 Å². The van der Waals surface area contributed by atoms with E-state index in [0.29, 0.717) is 44.2 Å². The van der Waals surface area contributed by atoms with Gasteiger partial charge in [0.2, 0.25) is 15.9 Å². The molecule has 5 aliphatic rings. The van der Waals surface area contributed by atoms with E-state index in [2.05, 4.69) is 4.72 Å². The summed E-state index contributed by atoms with van der Waals surface area (Å²) in [6, 6.07) is 6.41. The van der Waals surface area contributed by atoms with Crippen molar-refractivity contribution in [3.8, 4) is 5.75 Å². The van der Waals surface area contributed by atoms with Crippen LogP contribution in [-0.2, 0) is 14.8 Å². The molecule has 1 amide bonds. The zero-order chi connectivity index (χ0) is 21.6. The first-order chi connectivity index (χ1) is 14.9. The lowest BCUT2D eigenvalue weighted by molar-refractivity contribution is -0.158. The largest absolute Gasteiger partial charge is 0.494 e.